The van der Waals surface area contributed by atoms with Crippen LogP contribution in [0.25, 0.3) is 0 Å². The molecule has 66 valence electrons. The summed E-state index contributed by atoms with van der Waals surface area (Å²) in [5, 5.41) is 3.33. The van der Waals surface area contributed by atoms with E-state index in [0.717, 1.165) is 11.9 Å². The Balaban J connectivity index is 1.77. The van der Waals surface area contributed by atoms with Crippen LogP contribution in [-0.4, -0.2) is 16.0 Å². The molecule has 1 saturated carbocycles. The number of nitrogens with one attached hydrogen (secondary N) is 2. The molecule has 0 bridgehead atoms. The first-order valence-electron chi connectivity index (χ1n) is 4.60. The van der Waals surface area contributed by atoms with Crippen molar-refractivity contribution < 1.29 is 0 Å². The number of anilines is 1. The van der Waals surface area contributed by atoms with Crippen molar-refractivity contribution in [3.05, 3.63) is 12.4 Å². The van der Waals surface area contributed by atoms with Crippen LogP contribution in [0.4, 0.5) is 5.95 Å². The molecule has 3 heteroatoms. The number of aromatic nitrogens is 2. The third kappa shape index (κ3) is 2.00. The van der Waals surface area contributed by atoms with Crippen LogP contribution in [0.5, 0.6) is 0 Å². The highest BCUT2D eigenvalue weighted by molar-refractivity contribution is 5.24. The summed E-state index contributed by atoms with van der Waals surface area (Å²) in [7, 11) is 0. The Morgan fingerprint density at radius 2 is 2.58 bits per heavy atom. The average Bonchev–Trinajstić information content (AvgIpc) is 2.66. The van der Waals surface area contributed by atoms with Gasteiger partial charge in [0.15, 0.2) is 5.95 Å². The highest BCUT2D eigenvalue weighted by atomic mass is 15.1. The van der Waals surface area contributed by atoms with Crippen molar-refractivity contribution in [2.75, 3.05) is 5.32 Å². The first-order chi connectivity index (χ1) is 5.84. The van der Waals surface area contributed by atoms with Crippen molar-refractivity contribution in [2.24, 2.45) is 5.92 Å². The number of imidazole rings is 1. The molecule has 1 aliphatic rings. The van der Waals surface area contributed by atoms with E-state index in [1.165, 1.54) is 19.3 Å². The van der Waals surface area contributed by atoms with Gasteiger partial charge in [-0.05, 0) is 19.3 Å². The van der Waals surface area contributed by atoms with Crippen molar-refractivity contribution in [2.45, 2.75) is 32.2 Å². The van der Waals surface area contributed by atoms with Gasteiger partial charge in [0.05, 0.1) is 0 Å². The van der Waals surface area contributed by atoms with Gasteiger partial charge in [-0.3, -0.25) is 0 Å². The summed E-state index contributed by atoms with van der Waals surface area (Å²) in [6.07, 6.45) is 7.73. The number of rotatable bonds is 4. The zero-order valence-corrected chi connectivity index (χ0v) is 7.38. The number of H-pyrrole nitrogens is 1. The second-order valence-electron chi connectivity index (χ2n) is 3.66. The normalized spacial score (nSPS) is 19.1. The van der Waals surface area contributed by atoms with E-state index in [-0.39, 0.29) is 0 Å². The van der Waals surface area contributed by atoms with Gasteiger partial charge < -0.3 is 10.3 Å². The molecule has 2 rings (SSSR count). The smallest absolute Gasteiger partial charge is 0.200 e. The maximum Gasteiger partial charge on any atom is 0.200 e. The molecule has 1 heterocycles. The lowest BCUT2D eigenvalue weighted by molar-refractivity contribution is 0.638. The van der Waals surface area contributed by atoms with E-state index in [4.69, 9.17) is 0 Å². The fourth-order valence-electron chi connectivity index (χ4n) is 1.49. The molecule has 1 fully saturated rings. The van der Waals surface area contributed by atoms with E-state index < -0.39 is 0 Å². The van der Waals surface area contributed by atoms with Crippen molar-refractivity contribution in [1.82, 2.24) is 9.97 Å². The van der Waals surface area contributed by atoms with E-state index in [9.17, 15) is 0 Å². The van der Waals surface area contributed by atoms with Crippen molar-refractivity contribution in [1.29, 1.82) is 0 Å². The van der Waals surface area contributed by atoms with Crippen LogP contribution < -0.4 is 5.32 Å². The van der Waals surface area contributed by atoms with Crippen molar-refractivity contribution in [3.63, 3.8) is 0 Å². The summed E-state index contributed by atoms with van der Waals surface area (Å²) in [6, 6.07) is 0.545. The molecule has 0 amide bonds. The summed E-state index contributed by atoms with van der Waals surface area (Å²) in [4.78, 5) is 7.16. The predicted molar refractivity (Wildman–Crippen MR) is 49.0 cm³/mol. The molecule has 0 radical (unpaired) electrons. The van der Waals surface area contributed by atoms with E-state index in [0.29, 0.717) is 6.04 Å². The molecule has 1 unspecified atom stereocenters. The van der Waals surface area contributed by atoms with Gasteiger partial charge in [0.25, 0.3) is 0 Å². The van der Waals surface area contributed by atoms with Crippen molar-refractivity contribution in [3.8, 4) is 0 Å². The molecule has 12 heavy (non-hydrogen) atoms. The third-order valence-electron chi connectivity index (χ3n) is 2.27. The Morgan fingerprint density at radius 1 is 1.75 bits per heavy atom. The summed E-state index contributed by atoms with van der Waals surface area (Å²) in [5.41, 5.74) is 0. The van der Waals surface area contributed by atoms with Gasteiger partial charge in [-0.25, -0.2) is 4.98 Å². The summed E-state index contributed by atoms with van der Waals surface area (Å²) in [5.74, 6) is 1.87. The number of hydrogen-bond donors (Lipinski definition) is 2. The summed E-state index contributed by atoms with van der Waals surface area (Å²) >= 11 is 0. The standard InChI is InChI=1S/C9H15N3/c1-7(6-8-2-3-8)12-9-10-4-5-11-9/h4-5,7-8H,2-3,6H2,1H3,(H2,10,11,12). The van der Waals surface area contributed by atoms with Crippen LogP contribution in [0.1, 0.15) is 26.2 Å². The van der Waals surface area contributed by atoms with Crippen molar-refractivity contribution >= 4 is 5.95 Å². The Hall–Kier alpha value is -0.990. The SMILES string of the molecule is CC(CC1CC1)Nc1ncc[nH]1. The average molecular weight is 165 g/mol. The zero-order chi connectivity index (χ0) is 8.39. The minimum atomic E-state index is 0.545. The fraction of sp³-hybridized carbons (Fsp3) is 0.667. The summed E-state index contributed by atoms with van der Waals surface area (Å²) < 4.78 is 0. The van der Waals surface area contributed by atoms with Gasteiger partial charge in [0.1, 0.15) is 0 Å². The lowest BCUT2D eigenvalue weighted by Gasteiger charge is -2.11. The molecule has 0 spiro atoms. The minimum absolute atomic E-state index is 0.545. The maximum atomic E-state index is 4.12. The maximum absolute atomic E-state index is 4.12. The topological polar surface area (TPSA) is 40.7 Å². The quantitative estimate of drug-likeness (QED) is 0.716. The van der Waals surface area contributed by atoms with Gasteiger partial charge in [0.2, 0.25) is 0 Å². The monoisotopic (exact) mass is 165 g/mol. The van der Waals surface area contributed by atoms with E-state index >= 15 is 0 Å². The number of nitrogens with zero attached hydrogens (tertiary/aromatic N) is 1. The molecule has 1 aromatic heterocycles. The highest BCUT2D eigenvalue weighted by Crippen LogP contribution is 2.33. The minimum Gasteiger partial charge on any atom is -0.353 e. The Labute approximate surface area is 72.6 Å². The van der Waals surface area contributed by atoms with Crippen LogP contribution in [0.2, 0.25) is 0 Å². The van der Waals surface area contributed by atoms with E-state index in [1.807, 2.05) is 6.20 Å². The molecule has 1 atom stereocenters. The Kier molecular flexibility index (Phi) is 2.02. The van der Waals surface area contributed by atoms with Gasteiger partial charge >= 0.3 is 0 Å². The molecule has 2 N–H and O–H groups in total. The molecule has 0 saturated heterocycles. The molecule has 3 nitrogen and oxygen atoms in total. The van der Waals surface area contributed by atoms with Crippen LogP contribution in [-0.2, 0) is 0 Å². The van der Waals surface area contributed by atoms with Crippen LogP contribution in [0, 0.1) is 5.92 Å². The fourth-order valence-corrected chi connectivity index (χ4v) is 1.49. The molecule has 0 aromatic carbocycles. The first-order valence-corrected chi connectivity index (χ1v) is 4.60. The zero-order valence-electron chi connectivity index (χ0n) is 7.38. The first kappa shape index (κ1) is 7.65. The van der Waals surface area contributed by atoms with E-state index in [1.54, 1.807) is 6.20 Å². The number of aromatic amines is 1. The second kappa shape index (κ2) is 3.17. The molecule has 0 aliphatic heterocycles. The van der Waals surface area contributed by atoms with E-state index in [2.05, 4.69) is 22.2 Å². The van der Waals surface area contributed by atoms with Gasteiger partial charge in [-0.2, -0.15) is 0 Å². The lowest BCUT2D eigenvalue weighted by Crippen LogP contribution is -2.16. The molecular weight excluding hydrogens is 150 g/mol. The summed E-state index contributed by atoms with van der Waals surface area (Å²) in [6.45, 7) is 2.21. The molecular formula is C9H15N3. The predicted octanol–water partition coefficient (Wildman–Crippen LogP) is 2.01. The Morgan fingerprint density at radius 3 is 3.17 bits per heavy atom. The van der Waals surface area contributed by atoms with Crippen LogP contribution in [0.15, 0.2) is 12.4 Å². The molecule has 1 aromatic rings. The van der Waals surface area contributed by atoms with Gasteiger partial charge in [-0.15, -0.1) is 0 Å². The van der Waals surface area contributed by atoms with Crippen LogP contribution in [0.3, 0.4) is 0 Å². The largest absolute Gasteiger partial charge is 0.353 e. The Bertz CT molecular complexity index is 226. The van der Waals surface area contributed by atoms with Gasteiger partial charge in [-0.1, -0.05) is 12.8 Å². The number of hydrogen-bond acceptors (Lipinski definition) is 2. The highest BCUT2D eigenvalue weighted by Gasteiger charge is 2.23. The van der Waals surface area contributed by atoms with Gasteiger partial charge in [0, 0.05) is 18.4 Å². The second-order valence-corrected chi connectivity index (χ2v) is 3.66. The lowest BCUT2D eigenvalue weighted by atomic mass is 10.2. The third-order valence-corrected chi connectivity index (χ3v) is 2.27. The molecule has 1 aliphatic carbocycles. The van der Waals surface area contributed by atoms with Crippen LogP contribution >= 0.6 is 0 Å².